The van der Waals surface area contributed by atoms with E-state index in [-0.39, 0.29) is 40.3 Å². The van der Waals surface area contributed by atoms with Gasteiger partial charge in [0.05, 0.1) is 27.9 Å². The Morgan fingerprint density at radius 1 is 1.21 bits per heavy atom. The summed E-state index contributed by atoms with van der Waals surface area (Å²) in [6.45, 7) is -0.599. The quantitative estimate of drug-likeness (QED) is 0.295. The number of benzene rings is 1. The first kappa shape index (κ1) is 25.1. The molecule has 1 saturated heterocycles. The van der Waals surface area contributed by atoms with Crippen LogP contribution in [0.25, 0.3) is 6.08 Å². The Morgan fingerprint density at radius 2 is 1.94 bits per heavy atom. The zero-order valence-corrected chi connectivity index (χ0v) is 20.4. The first-order valence-electron chi connectivity index (χ1n) is 9.47. The number of ether oxygens (including phenoxy) is 4. The number of amides is 3. The predicted octanol–water partition coefficient (Wildman–Crippen LogP) is 3.14. The van der Waals surface area contributed by atoms with Crippen molar-refractivity contribution in [3.05, 3.63) is 50.5 Å². The molecule has 0 spiro atoms. The summed E-state index contributed by atoms with van der Waals surface area (Å²) in [7, 11) is 3.80. The number of imide groups is 1. The van der Waals surface area contributed by atoms with Crippen molar-refractivity contribution in [2.24, 2.45) is 0 Å². The van der Waals surface area contributed by atoms with Crippen LogP contribution < -0.4 is 14.8 Å². The minimum Gasteiger partial charge on any atom is -0.493 e. The van der Waals surface area contributed by atoms with Gasteiger partial charge in [-0.15, -0.1) is 0 Å². The van der Waals surface area contributed by atoms with Gasteiger partial charge >= 0.3 is 18.0 Å². The van der Waals surface area contributed by atoms with E-state index in [1.54, 1.807) is 0 Å². The molecule has 1 fully saturated rings. The summed E-state index contributed by atoms with van der Waals surface area (Å²) in [5.74, 6) is -1.50. The van der Waals surface area contributed by atoms with Crippen molar-refractivity contribution in [2.75, 3.05) is 27.9 Å². The van der Waals surface area contributed by atoms with Gasteiger partial charge in [-0.05, 0) is 45.8 Å². The van der Waals surface area contributed by atoms with Gasteiger partial charge in [-0.3, -0.25) is 9.69 Å². The predicted molar refractivity (Wildman–Crippen MR) is 120 cm³/mol. The van der Waals surface area contributed by atoms with Gasteiger partial charge in [0.15, 0.2) is 18.1 Å². The van der Waals surface area contributed by atoms with Crippen molar-refractivity contribution in [3.8, 4) is 11.5 Å². The molecule has 1 aliphatic rings. The van der Waals surface area contributed by atoms with Gasteiger partial charge in [0.25, 0.3) is 5.91 Å². The largest absolute Gasteiger partial charge is 0.493 e. The molecular weight excluding hydrogens is 540 g/mol. The topological polar surface area (TPSA) is 134 Å². The highest BCUT2D eigenvalue weighted by Crippen LogP contribution is 2.43. The third-order valence-electron chi connectivity index (χ3n) is 4.56. The molecule has 3 amide bonds. The van der Waals surface area contributed by atoms with Gasteiger partial charge in [0.1, 0.15) is 16.5 Å². The third kappa shape index (κ3) is 5.18. The van der Waals surface area contributed by atoms with Crippen molar-refractivity contribution in [1.29, 1.82) is 0 Å². The van der Waals surface area contributed by atoms with Gasteiger partial charge in [0.2, 0.25) is 5.76 Å². The van der Waals surface area contributed by atoms with Crippen LogP contribution in [-0.4, -0.2) is 56.7 Å². The molecular formula is C21H18BrClN2O9. The van der Waals surface area contributed by atoms with E-state index in [9.17, 15) is 19.2 Å². The fraction of sp³-hybridized carbons (Fsp3) is 0.238. The van der Waals surface area contributed by atoms with E-state index in [0.29, 0.717) is 10.0 Å². The molecule has 34 heavy (non-hydrogen) atoms. The third-order valence-corrected chi connectivity index (χ3v) is 6.01. The van der Waals surface area contributed by atoms with Crippen LogP contribution in [0.15, 0.2) is 32.8 Å². The maximum atomic E-state index is 12.8. The molecule has 2 aromatic rings. The Labute approximate surface area is 206 Å². The fourth-order valence-corrected chi connectivity index (χ4v) is 3.55. The van der Waals surface area contributed by atoms with E-state index in [4.69, 9.17) is 25.5 Å². The van der Waals surface area contributed by atoms with E-state index in [1.165, 1.54) is 45.6 Å². The number of nitrogens with one attached hydrogen (secondary N) is 1. The zero-order chi connectivity index (χ0) is 25.0. The summed E-state index contributed by atoms with van der Waals surface area (Å²) in [6.07, 6.45) is 1.39. The van der Waals surface area contributed by atoms with Crippen molar-refractivity contribution in [2.45, 2.75) is 6.54 Å². The Hall–Kier alpha value is -3.51. The summed E-state index contributed by atoms with van der Waals surface area (Å²) >= 11 is 9.70. The average Bonchev–Trinajstić information content (AvgIpc) is 3.40. The Morgan fingerprint density at radius 3 is 2.59 bits per heavy atom. The number of carbonyl (C=O) groups excluding carboxylic acids is 4. The molecule has 1 aromatic carbocycles. The monoisotopic (exact) mass is 556 g/mol. The van der Waals surface area contributed by atoms with Crippen LogP contribution in [0.1, 0.15) is 21.9 Å². The minimum atomic E-state index is -0.682. The number of rotatable bonds is 8. The van der Waals surface area contributed by atoms with E-state index in [1.807, 2.05) is 0 Å². The number of urea groups is 1. The second-order valence-electron chi connectivity index (χ2n) is 6.63. The lowest BCUT2D eigenvalue weighted by atomic mass is 10.1. The summed E-state index contributed by atoms with van der Waals surface area (Å²) in [5, 5.41) is 2.56. The Balaban J connectivity index is 1.85. The van der Waals surface area contributed by atoms with Crippen LogP contribution in [0.5, 0.6) is 11.5 Å². The maximum Gasteiger partial charge on any atom is 0.373 e. The summed E-state index contributed by atoms with van der Waals surface area (Å²) in [6, 6.07) is 3.67. The molecule has 2 heterocycles. The number of nitrogens with zero attached hydrogens (tertiary/aromatic N) is 1. The van der Waals surface area contributed by atoms with Crippen LogP contribution in [0.3, 0.4) is 0 Å². The van der Waals surface area contributed by atoms with E-state index in [0.717, 1.165) is 4.90 Å². The highest BCUT2D eigenvalue weighted by Gasteiger charge is 2.35. The lowest BCUT2D eigenvalue weighted by Gasteiger charge is -2.14. The normalized spacial score (nSPS) is 14.3. The van der Waals surface area contributed by atoms with Gasteiger partial charge in [0, 0.05) is 4.47 Å². The average molecular weight is 558 g/mol. The Kier molecular flexibility index (Phi) is 7.84. The number of carbonyl (C=O) groups is 4. The van der Waals surface area contributed by atoms with Gasteiger partial charge in [-0.1, -0.05) is 11.6 Å². The van der Waals surface area contributed by atoms with Crippen molar-refractivity contribution in [3.63, 3.8) is 0 Å². The molecule has 1 aliphatic heterocycles. The molecule has 3 rings (SSSR count). The minimum absolute atomic E-state index is 0.0354. The van der Waals surface area contributed by atoms with Crippen molar-refractivity contribution >= 4 is 57.5 Å². The van der Waals surface area contributed by atoms with Crippen LogP contribution in [-0.2, 0) is 25.6 Å². The molecule has 11 nitrogen and oxygen atoms in total. The van der Waals surface area contributed by atoms with Gasteiger partial charge in [-0.25, -0.2) is 14.4 Å². The lowest BCUT2D eigenvalue weighted by Crippen LogP contribution is -2.30. The van der Waals surface area contributed by atoms with Gasteiger partial charge in [-0.2, -0.15) is 0 Å². The summed E-state index contributed by atoms with van der Waals surface area (Å²) < 4.78 is 25.4. The molecule has 0 saturated carbocycles. The molecule has 13 heteroatoms. The van der Waals surface area contributed by atoms with E-state index in [2.05, 4.69) is 30.7 Å². The maximum absolute atomic E-state index is 12.8. The first-order chi connectivity index (χ1) is 16.2. The summed E-state index contributed by atoms with van der Waals surface area (Å²) in [5.41, 5.74) is 0.357. The standard InChI is InChI=1S/C21H18BrClN2O9/c1-30-14-7-10(16(22)17(23)18(14)33-9-15(26)31-2)6-12-19(27)25(21(29)24-12)8-11-4-5-13(34-11)20(28)32-3/h4-7H,8-9H2,1-3H3,(H,24,29)/b12-6-. The SMILES string of the molecule is COC(=O)COc1c(OC)cc(/C=C2\NC(=O)N(Cc3ccc(C(=O)OC)o3)C2=O)c(Br)c1Cl. The molecule has 1 aromatic heterocycles. The highest BCUT2D eigenvalue weighted by molar-refractivity contribution is 9.10. The van der Waals surface area contributed by atoms with Crippen LogP contribution in [0.4, 0.5) is 4.79 Å². The molecule has 0 unspecified atom stereocenters. The number of hydrogen-bond acceptors (Lipinski definition) is 9. The molecule has 0 atom stereocenters. The van der Waals surface area contributed by atoms with Crippen LogP contribution in [0, 0.1) is 0 Å². The second kappa shape index (κ2) is 10.6. The number of hydrogen-bond donors (Lipinski definition) is 1. The zero-order valence-electron chi connectivity index (χ0n) is 18.1. The Bertz CT molecular complexity index is 1190. The molecule has 180 valence electrons. The molecule has 0 aliphatic carbocycles. The number of furan rings is 1. The number of halogens is 2. The van der Waals surface area contributed by atoms with Crippen molar-refractivity contribution in [1.82, 2.24) is 10.2 Å². The summed E-state index contributed by atoms with van der Waals surface area (Å²) in [4.78, 5) is 49.1. The van der Waals surface area contributed by atoms with Crippen molar-refractivity contribution < 1.29 is 42.5 Å². The lowest BCUT2D eigenvalue weighted by molar-refractivity contribution is -0.142. The van der Waals surface area contributed by atoms with Crippen LogP contribution in [0.2, 0.25) is 5.02 Å². The van der Waals surface area contributed by atoms with E-state index >= 15 is 0 Å². The second-order valence-corrected chi connectivity index (χ2v) is 7.80. The number of methoxy groups -OCH3 is 3. The van der Waals surface area contributed by atoms with Gasteiger partial charge < -0.3 is 28.7 Å². The highest BCUT2D eigenvalue weighted by atomic mass is 79.9. The smallest absolute Gasteiger partial charge is 0.373 e. The molecule has 0 radical (unpaired) electrons. The van der Waals surface area contributed by atoms with Crippen LogP contribution >= 0.6 is 27.5 Å². The molecule has 1 N–H and O–H groups in total. The first-order valence-corrected chi connectivity index (χ1v) is 10.6. The number of esters is 2. The molecule has 0 bridgehead atoms. The fourth-order valence-electron chi connectivity index (χ4n) is 2.89. The van der Waals surface area contributed by atoms with E-state index < -0.39 is 30.5 Å².